The third kappa shape index (κ3) is 8.99. The summed E-state index contributed by atoms with van der Waals surface area (Å²) in [6.07, 6.45) is -5.65. The van der Waals surface area contributed by atoms with E-state index in [-0.39, 0.29) is 53.2 Å². The first-order chi connectivity index (χ1) is 20.4. The van der Waals surface area contributed by atoms with Crippen molar-refractivity contribution in [2.24, 2.45) is 5.41 Å². The maximum atomic E-state index is 15.8. The fourth-order valence-corrected chi connectivity index (χ4v) is 6.65. The largest absolute Gasteiger partial charge is 0.476 e. The lowest BCUT2D eigenvalue weighted by Gasteiger charge is -2.28. The molecule has 1 aliphatic heterocycles. The Balaban J connectivity index is 1.78. The zero-order valence-corrected chi connectivity index (χ0v) is 28.1. The van der Waals surface area contributed by atoms with Gasteiger partial charge < -0.3 is 30.2 Å². The van der Waals surface area contributed by atoms with E-state index in [1.54, 1.807) is 41.5 Å². The highest BCUT2D eigenvalue weighted by Gasteiger charge is 2.58. The number of halogens is 2. The van der Waals surface area contributed by atoms with Crippen molar-refractivity contribution < 1.29 is 47.2 Å². The molecule has 19 heteroatoms. The van der Waals surface area contributed by atoms with Gasteiger partial charge >= 0.3 is 7.75 Å². The quantitative estimate of drug-likeness (QED) is 0.0920. The third-order valence-electron chi connectivity index (χ3n) is 6.12. The maximum absolute atomic E-state index is 15.8. The van der Waals surface area contributed by atoms with Crippen LogP contribution in [0.25, 0.3) is 11.2 Å². The van der Waals surface area contributed by atoms with Crippen LogP contribution in [0, 0.1) is 5.41 Å². The molecule has 3 rings (SSSR count). The van der Waals surface area contributed by atoms with Crippen molar-refractivity contribution in [2.45, 2.75) is 90.5 Å². The Hall–Kier alpha value is -1.66. The number of ether oxygens (including phenoxy) is 3. The highest BCUT2D eigenvalue weighted by molar-refractivity contribution is 8.13. The fourth-order valence-electron chi connectivity index (χ4n) is 3.92. The summed E-state index contributed by atoms with van der Waals surface area (Å²) in [4.78, 5) is 24.5. The van der Waals surface area contributed by atoms with E-state index in [4.69, 9.17) is 40.6 Å². The molecule has 1 aliphatic rings. The van der Waals surface area contributed by atoms with Crippen LogP contribution in [0.5, 0.6) is 5.88 Å². The van der Waals surface area contributed by atoms with Crippen LogP contribution in [0.15, 0.2) is 6.33 Å². The van der Waals surface area contributed by atoms with E-state index in [1.165, 1.54) is 13.3 Å². The fraction of sp³-hybridized carbons (Fsp3) is 0.760. The predicted molar refractivity (Wildman–Crippen MR) is 162 cm³/mol. The van der Waals surface area contributed by atoms with Gasteiger partial charge in [-0.1, -0.05) is 44.1 Å². The highest BCUT2D eigenvalue weighted by atomic mass is 35.5. The average Bonchev–Trinajstić information content (AvgIpc) is 3.42. The van der Waals surface area contributed by atoms with E-state index in [0.29, 0.717) is 0 Å². The van der Waals surface area contributed by atoms with Gasteiger partial charge in [0.2, 0.25) is 11.8 Å². The molecule has 0 amide bonds. The molecule has 0 aromatic carbocycles. The maximum Gasteiger partial charge on any atom is 0.406 e. The number of imidazole rings is 1. The minimum atomic E-state index is -4.28. The number of aliphatic hydroxyl groups excluding tert-OH is 2. The number of nitrogens with one attached hydrogen (secondary N) is 1. The number of fused-ring (bicyclic) bond motifs is 1. The summed E-state index contributed by atoms with van der Waals surface area (Å²) < 4.78 is 58.3. The molecular formula is C25H41ClFN6O9PS. The summed E-state index contributed by atoms with van der Waals surface area (Å²) in [6.45, 7) is 11.3. The average molecular weight is 687 g/mol. The van der Waals surface area contributed by atoms with Gasteiger partial charge in [-0.3, -0.25) is 18.4 Å². The van der Waals surface area contributed by atoms with Gasteiger partial charge in [-0.25, -0.2) is 19.0 Å². The first kappa shape index (κ1) is 36.8. The number of nitrogen functional groups attached to an aromatic ring is 1. The number of carbonyl (C=O) groups excluding carboxylic acids is 1. The summed E-state index contributed by atoms with van der Waals surface area (Å²) in [5.74, 6) is 0.0345. The zero-order valence-electron chi connectivity index (χ0n) is 25.6. The molecule has 0 radical (unpaired) electrons. The summed E-state index contributed by atoms with van der Waals surface area (Å²) >= 11 is 7.15. The first-order valence-corrected chi connectivity index (χ1v) is 16.8. The Kier molecular flexibility index (Phi) is 12.4. The summed E-state index contributed by atoms with van der Waals surface area (Å²) in [5.41, 5.74) is 5.40. The molecule has 0 spiro atoms. The molecule has 5 N–H and O–H groups in total. The van der Waals surface area contributed by atoms with Gasteiger partial charge in [0.15, 0.2) is 28.8 Å². The lowest BCUT2D eigenvalue weighted by molar-refractivity contribution is -0.138. The zero-order chi connectivity index (χ0) is 33.0. The molecule has 0 aliphatic carbocycles. The topological polar surface area (TPSA) is 202 Å². The van der Waals surface area contributed by atoms with Crippen molar-refractivity contribution in [1.29, 1.82) is 0 Å². The smallest absolute Gasteiger partial charge is 0.406 e. The molecule has 2 aromatic heterocycles. The minimum Gasteiger partial charge on any atom is -0.476 e. The number of thioether (sulfide) groups is 1. The van der Waals surface area contributed by atoms with E-state index in [2.05, 4.69) is 20.0 Å². The van der Waals surface area contributed by atoms with E-state index in [0.717, 1.165) is 16.3 Å². The number of carbonyl (C=O) groups is 1. The molecule has 7 unspecified atom stereocenters. The van der Waals surface area contributed by atoms with E-state index < -0.39 is 55.7 Å². The molecule has 0 saturated carbocycles. The molecule has 0 bridgehead atoms. The monoisotopic (exact) mass is 686 g/mol. The van der Waals surface area contributed by atoms with Crippen LogP contribution >= 0.6 is 31.1 Å². The molecule has 1 saturated heterocycles. The van der Waals surface area contributed by atoms with Crippen molar-refractivity contribution in [1.82, 2.24) is 24.6 Å². The van der Waals surface area contributed by atoms with Crippen molar-refractivity contribution >= 4 is 53.3 Å². The lowest BCUT2D eigenvalue weighted by atomic mass is 10.00. The third-order valence-corrected chi connectivity index (χ3v) is 9.51. The van der Waals surface area contributed by atoms with Gasteiger partial charge in [-0.05, 0) is 27.7 Å². The van der Waals surface area contributed by atoms with Crippen LogP contribution in [0.3, 0.4) is 0 Å². The van der Waals surface area contributed by atoms with E-state index in [1.807, 2.05) is 0 Å². The van der Waals surface area contributed by atoms with Gasteiger partial charge in [0.25, 0.3) is 5.13 Å². The summed E-state index contributed by atoms with van der Waals surface area (Å²) in [6, 6.07) is -0.954. The molecular weight excluding hydrogens is 646 g/mol. The highest BCUT2D eigenvalue weighted by Crippen LogP contribution is 2.49. The Morgan fingerprint density at radius 1 is 1.34 bits per heavy atom. The first-order valence-electron chi connectivity index (χ1n) is 13.9. The van der Waals surface area contributed by atoms with Crippen molar-refractivity contribution in [3.8, 4) is 5.88 Å². The van der Waals surface area contributed by atoms with Crippen molar-refractivity contribution in [2.75, 3.05) is 31.3 Å². The Morgan fingerprint density at radius 2 is 2.02 bits per heavy atom. The molecule has 3 heterocycles. The second-order valence-corrected chi connectivity index (χ2v) is 14.7. The number of nitrogens with two attached hydrogens (primary N) is 1. The van der Waals surface area contributed by atoms with Gasteiger partial charge in [-0.15, -0.1) is 0 Å². The summed E-state index contributed by atoms with van der Waals surface area (Å²) in [5, 5.41) is 20.7. The van der Waals surface area contributed by atoms with Crippen LogP contribution < -0.4 is 15.6 Å². The lowest BCUT2D eigenvalue weighted by Crippen LogP contribution is -2.41. The van der Waals surface area contributed by atoms with Crippen LogP contribution in [0.1, 0.15) is 54.7 Å². The SMILES string of the molecule is CCOc1nc(N)nc2c1ncn2C1OC(COP(=O)(NC(C)C(O)OC(C)C)OCCSC(=O)C(C)(C)C)C(O)C1(F)Cl. The normalized spacial score (nSPS) is 25.3. The Morgan fingerprint density at radius 3 is 2.64 bits per heavy atom. The van der Waals surface area contributed by atoms with Crippen LogP contribution in [0.2, 0.25) is 0 Å². The molecule has 250 valence electrons. The standard InChI is InChI=1S/C25H41ClFN6O9PS/c1-8-38-19-16-18(30-23(28)31-19)33(12-29-16)21-25(26,27)17(34)15(42-21)11-40-43(37,32-14(4)20(35)41-13(2)3)39-9-10-44-22(36)24(5,6)7/h12-15,17,20-21,34-35H,8-11H2,1-7H3,(H,32,37)(H2,28,30,31). The number of nitrogens with zero attached hydrogens (tertiary/aromatic N) is 4. The minimum absolute atomic E-state index is 0.0355. The number of rotatable bonds is 15. The second-order valence-electron chi connectivity index (χ2n) is 11.3. The molecule has 1 fully saturated rings. The van der Waals surface area contributed by atoms with Gasteiger partial charge in [0.1, 0.15) is 12.2 Å². The molecule has 2 aromatic rings. The van der Waals surface area contributed by atoms with Crippen LogP contribution in [0.4, 0.5) is 10.3 Å². The Labute approximate surface area is 264 Å². The predicted octanol–water partition coefficient (Wildman–Crippen LogP) is 3.14. The van der Waals surface area contributed by atoms with E-state index >= 15 is 4.39 Å². The van der Waals surface area contributed by atoms with E-state index in [9.17, 15) is 19.6 Å². The molecule has 44 heavy (non-hydrogen) atoms. The summed E-state index contributed by atoms with van der Waals surface area (Å²) in [7, 11) is -4.28. The number of aromatic nitrogens is 4. The van der Waals surface area contributed by atoms with Crippen LogP contribution in [-0.4, -0.2) is 96.2 Å². The van der Waals surface area contributed by atoms with Crippen molar-refractivity contribution in [3.05, 3.63) is 6.33 Å². The number of hydrogen-bond acceptors (Lipinski definition) is 14. The Bertz CT molecular complexity index is 1330. The van der Waals surface area contributed by atoms with Gasteiger partial charge in [0, 0.05) is 11.2 Å². The number of anilines is 1. The van der Waals surface area contributed by atoms with Gasteiger partial charge in [0.05, 0.1) is 38.3 Å². The number of alkyl halides is 2. The van der Waals surface area contributed by atoms with Gasteiger partial charge in [-0.2, -0.15) is 9.97 Å². The molecule has 15 nitrogen and oxygen atoms in total. The second kappa shape index (κ2) is 14.8. The number of hydrogen-bond donors (Lipinski definition) is 4. The molecule has 7 atom stereocenters. The number of aliphatic hydroxyl groups is 2. The van der Waals surface area contributed by atoms with Crippen LogP contribution in [-0.2, 0) is 27.9 Å². The van der Waals surface area contributed by atoms with Crippen molar-refractivity contribution in [3.63, 3.8) is 0 Å².